The van der Waals surface area contributed by atoms with Gasteiger partial charge in [-0.15, -0.1) is 0 Å². The summed E-state index contributed by atoms with van der Waals surface area (Å²) in [5.74, 6) is -0.399. The number of furan rings is 1. The number of halogens is 1. The molecule has 0 aliphatic carbocycles. The minimum atomic E-state index is -0.596. The first kappa shape index (κ1) is 26.3. The van der Waals surface area contributed by atoms with Crippen LogP contribution in [0, 0.1) is 18.7 Å². The number of aromatic nitrogens is 2. The van der Waals surface area contributed by atoms with Gasteiger partial charge < -0.3 is 15.1 Å². The Balaban J connectivity index is 1.76. The highest BCUT2D eigenvalue weighted by Gasteiger charge is 2.33. The van der Waals surface area contributed by atoms with Crippen LogP contribution in [0.15, 0.2) is 82.0 Å². The fourth-order valence-corrected chi connectivity index (χ4v) is 5.02. The van der Waals surface area contributed by atoms with Crippen molar-refractivity contribution in [3.63, 3.8) is 0 Å². The van der Waals surface area contributed by atoms with E-state index in [4.69, 9.17) is 15.1 Å². The Morgan fingerprint density at radius 2 is 1.79 bits per heavy atom. The zero-order chi connectivity index (χ0) is 27.7. The third-order valence-electron chi connectivity index (χ3n) is 6.91. The maximum Gasteiger partial charge on any atom is 0.297 e. The van der Waals surface area contributed by atoms with Crippen molar-refractivity contribution in [2.75, 3.05) is 13.1 Å². The molecule has 8 heteroatoms. The van der Waals surface area contributed by atoms with Crippen molar-refractivity contribution in [3.8, 4) is 0 Å². The van der Waals surface area contributed by atoms with E-state index in [-0.39, 0.29) is 42.6 Å². The highest BCUT2D eigenvalue weighted by Crippen LogP contribution is 2.32. The van der Waals surface area contributed by atoms with Crippen molar-refractivity contribution < 1.29 is 13.6 Å². The monoisotopic (exact) mass is 526 g/mol. The Labute approximate surface area is 225 Å². The van der Waals surface area contributed by atoms with Gasteiger partial charge in [0.25, 0.3) is 11.5 Å². The molecule has 7 nitrogen and oxygen atoms in total. The summed E-state index contributed by atoms with van der Waals surface area (Å²) < 4.78 is 21.7. The SMILES string of the molecule is Cc1ccc(C(=O)N(CCN)[C@@H](c2nc3c(oc4ccc(F)cc43)c(=O)n2Cc2ccccc2)C(C)C)cc1. The van der Waals surface area contributed by atoms with Crippen molar-refractivity contribution in [2.24, 2.45) is 11.7 Å². The average Bonchev–Trinajstić information content (AvgIpc) is 3.29. The van der Waals surface area contributed by atoms with Crippen LogP contribution in [-0.2, 0) is 6.54 Å². The quantitative estimate of drug-likeness (QED) is 0.291. The fraction of sp³-hybridized carbons (Fsp3) is 0.258. The lowest BCUT2D eigenvalue weighted by molar-refractivity contribution is 0.0612. The molecule has 1 amide bonds. The molecule has 1 atom stereocenters. The molecule has 0 spiro atoms. The predicted octanol–water partition coefficient (Wildman–Crippen LogP) is 5.44. The Hall–Kier alpha value is -4.30. The van der Waals surface area contributed by atoms with Gasteiger partial charge in [-0.2, -0.15) is 0 Å². The van der Waals surface area contributed by atoms with Crippen LogP contribution < -0.4 is 11.3 Å². The first-order valence-corrected chi connectivity index (χ1v) is 13.0. The van der Waals surface area contributed by atoms with Crippen LogP contribution in [-0.4, -0.2) is 33.4 Å². The van der Waals surface area contributed by atoms with Crippen LogP contribution in [0.2, 0.25) is 0 Å². The summed E-state index contributed by atoms with van der Waals surface area (Å²) in [6.45, 7) is 6.63. The molecule has 39 heavy (non-hydrogen) atoms. The van der Waals surface area contributed by atoms with E-state index in [1.165, 1.54) is 18.2 Å². The molecule has 200 valence electrons. The molecule has 0 saturated heterocycles. The molecule has 5 aromatic rings. The van der Waals surface area contributed by atoms with Crippen molar-refractivity contribution in [1.29, 1.82) is 0 Å². The minimum Gasteiger partial charge on any atom is -0.448 e. The molecule has 3 aromatic carbocycles. The molecule has 2 heterocycles. The molecule has 0 fully saturated rings. The average molecular weight is 527 g/mol. The van der Waals surface area contributed by atoms with E-state index in [1.807, 2.05) is 63.2 Å². The zero-order valence-corrected chi connectivity index (χ0v) is 22.2. The molecule has 0 saturated carbocycles. The third-order valence-corrected chi connectivity index (χ3v) is 6.91. The summed E-state index contributed by atoms with van der Waals surface area (Å²) in [5, 5.41) is 0.410. The van der Waals surface area contributed by atoms with Gasteiger partial charge in [0.05, 0.1) is 12.6 Å². The number of amides is 1. The number of nitrogens with two attached hydrogens (primary N) is 1. The molecule has 2 N–H and O–H groups in total. The summed E-state index contributed by atoms with van der Waals surface area (Å²) in [6, 6.07) is 20.4. The van der Waals surface area contributed by atoms with E-state index < -0.39 is 17.4 Å². The highest BCUT2D eigenvalue weighted by atomic mass is 19.1. The summed E-state index contributed by atoms with van der Waals surface area (Å²) in [6.07, 6.45) is 0. The number of nitrogens with zero attached hydrogens (tertiary/aromatic N) is 3. The van der Waals surface area contributed by atoms with Gasteiger partial charge in [0, 0.05) is 24.0 Å². The van der Waals surface area contributed by atoms with E-state index in [9.17, 15) is 14.0 Å². The zero-order valence-electron chi connectivity index (χ0n) is 22.2. The summed E-state index contributed by atoms with van der Waals surface area (Å²) in [4.78, 5) is 34.5. The maximum absolute atomic E-state index is 14.2. The normalized spacial score (nSPS) is 12.4. The van der Waals surface area contributed by atoms with Crippen molar-refractivity contribution in [3.05, 3.63) is 111 Å². The maximum atomic E-state index is 14.2. The number of rotatable bonds is 8. The van der Waals surface area contributed by atoms with Crippen LogP contribution in [0.5, 0.6) is 0 Å². The first-order valence-electron chi connectivity index (χ1n) is 13.0. The predicted molar refractivity (Wildman–Crippen MR) is 150 cm³/mol. The Bertz CT molecular complexity index is 1690. The molecule has 0 aliphatic rings. The van der Waals surface area contributed by atoms with E-state index in [0.717, 1.165) is 11.1 Å². The Morgan fingerprint density at radius 3 is 2.46 bits per heavy atom. The van der Waals surface area contributed by atoms with Crippen molar-refractivity contribution in [2.45, 2.75) is 33.4 Å². The molecule has 0 bridgehead atoms. The molecule has 5 rings (SSSR count). The second-order valence-corrected chi connectivity index (χ2v) is 10.1. The van der Waals surface area contributed by atoms with Crippen molar-refractivity contribution in [1.82, 2.24) is 14.5 Å². The summed E-state index contributed by atoms with van der Waals surface area (Å²) in [5.41, 5.74) is 8.76. The molecule has 0 aliphatic heterocycles. The number of carbonyl (C=O) groups excluding carboxylic acids is 1. The van der Waals surface area contributed by atoms with E-state index in [2.05, 4.69) is 0 Å². The molecule has 0 unspecified atom stereocenters. The lowest BCUT2D eigenvalue weighted by atomic mass is 9.99. The molecule has 2 aromatic heterocycles. The topological polar surface area (TPSA) is 94.4 Å². The van der Waals surface area contributed by atoms with Crippen LogP contribution in [0.3, 0.4) is 0 Å². The van der Waals surface area contributed by atoms with Gasteiger partial charge in [-0.05, 0) is 48.7 Å². The first-order chi connectivity index (χ1) is 18.8. The number of fused-ring (bicyclic) bond motifs is 3. The van der Waals surface area contributed by atoms with Crippen LogP contribution in [0.25, 0.3) is 22.1 Å². The van der Waals surface area contributed by atoms with Gasteiger partial charge >= 0.3 is 0 Å². The largest absolute Gasteiger partial charge is 0.448 e. The van der Waals surface area contributed by atoms with Crippen molar-refractivity contribution >= 4 is 28.0 Å². The van der Waals surface area contributed by atoms with Gasteiger partial charge in [-0.1, -0.05) is 61.9 Å². The fourth-order valence-electron chi connectivity index (χ4n) is 5.02. The highest BCUT2D eigenvalue weighted by molar-refractivity contribution is 6.02. The van der Waals surface area contributed by atoms with Crippen LogP contribution in [0.4, 0.5) is 4.39 Å². The van der Waals surface area contributed by atoms with E-state index in [0.29, 0.717) is 22.4 Å². The van der Waals surface area contributed by atoms with Crippen LogP contribution >= 0.6 is 0 Å². The number of benzene rings is 3. The number of hydrogen-bond donors (Lipinski definition) is 1. The molecular formula is C31H31FN4O3. The van der Waals surface area contributed by atoms with Crippen LogP contribution in [0.1, 0.15) is 47.2 Å². The van der Waals surface area contributed by atoms with Gasteiger partial charge in [-0.3, -0.25) is 14.2 Å². The van der Waals surface area contributed by atoms with E-state index >= 15 is 0 Å². The molecular weight excluding hydrogens is 495 g/mol. The smallest absolute Gasteiger partial charge is 0.297 e. The number of carbonyl (C=O) groups is 1. The lowest BCUT2D eigenvalue weighted by Crippen LogP contribution is -2.43. The second kappa shape index (κ2) is 10.8. The van der Waals surface area contributed by atoms with E-state index in [1.54, 1.807) is 21.6 Å². The number of aryl methyl sites for hydroxylation is 1. The standard InChI is InChI=1S/C31H31FN4O3/c1-19(2)27(35(16-15-33)30(37)22-11-9-20(3)10-12-22)29-34-26-24-17-23(32)13-14-25(24)39-28(26)31(38)36(29)18-21-7-5-4-6-8-21/h4-14,17,19,27H,15-16,18,33H2,1-3H3/t27-/m1/s1. The molecule has 0 radical (unpaired) electrons. The minimum absolute atomic E-state index is 0.0491. The van der Waals surface area contributed by atoms with Gasteiger partial charge in [0.15, 0.2) is 0 Å². The van der Waals surface area contributed by atoms with Gasteiger partial charge in [0.2, 0.25) is 5.58 Å². The Morgan fingerprint density at radius 1 is 1.08 bits per heavy atom. The summed E-state index contributed by atoms with van der Waals surface area (Å²) in [7, 11) is 0. The number of hydrogen-bond acceptors (Lipinski definition) is 5. The third kappa shape index (κ3) is 5.07. The van der Waals surface area contributed by atoms with Gasteiger partial charge in [-0.25, -0.2) is 9.37 Å². The summed E-state index contributed by atoms with van der Waals surface area (Å²) >= 11 is 0. The van der Waals surface area contributed by atoms with Gasteiger partial charge in [0.1, 0.15) is 22.7 Å². The lowest BCUT2D eigenvalue weighted by Gasteiger charge is -2.35. The second-order valence-electron chi connectivity index (χ2n) is 10.1. The Kier molecular flexibility index (Phi) is 7.30.